The monoisotopic (exact) mass is 359 g/mol. The summed E-state index contributed by atoms with van der Waals surface area (Å²) < 4.78 is 1.42. The molecule has 0 aliphatic carbocycles. The number of pyridine rings is 2. The molecule has 1 amide bonds. The Morgan fingerprint density at radius 1 is 1.31 bits per heavy atom. The van der Waals surface area contributed by atoms with Gasteiger partial charge >= 0.3 is 0 Å². The van der Waals surface area contributed by atoms with Gasteiger partial charge in [-0.1, -0.05) is 0 Å². The number of nitrogens with zero attached hydrogens (tertiary/aromatic N) is 3. The number of aromatic nitrogens is 2. The molecule has 138 valence electrons. The molecule has 2 atom stereocenters. The molecule has 2 aromatic rings. The van der Waals surface area contributed by atoms with E-state index in [1.165, 1.54) is 10.6 Å². The molecule has 1 fully saturated rings. The zero-order chi connectivity index (χ0) is 19.1. The highest BCUT2D eigenvalue weighted by atomic mass is 16.3. The summed E-state index contributed by atoms with van der Waals surface area (Å²) in [7, 11) is 1.64. The molecule has 3 rings (SSSR count). The first kappa shape index (κ1) is 19.3. The minimum Gasteiger partial charge on any atom is -0.483 e. The lowest BCUT2D eigenvalue weighted by atomic mass is 9.97. The van der Waals surface area contributed by atoms with Crippen LogP contribution in [-0.4, -0.2) is 56.2 Å². The molecule has 2 aromatic heterocycles. The van der Waals surface area contributed by atoms with E-state index in [0.29, 0.717) is 25.1 Å². The second-order valence-electron chi connectivity index (χ2n) is 6.07. The van der Waals surface area contributed by atoms with Crippen LogP contribution in [0.15, 0.2) is 47.7 Å². The van der Waals surface area contributed by atoms with Crippen molar-refractivity contribution in [1.29, 1.82) is 0 Å². The van der Waals surface area contributed by atoms with Gasteiger partial charge in [-0.15, -0.1) is 0 Å². The van der Waals surface area contributed by atoms with Crippen molar-refractivity contribution >= 4 is 12.4 Å². The van der Waals surface area contributed by atoms with Crippen LogP contribution in [0.2, 0.25) is 0 Å². The van der Waals surface area contributed by atoms with Crippen molar-refractivity contribution < 1.29 is 19.8 Å². The number of rotatable bonds is 3. The summed E-state index contributed by atoms with van der Waals surface area (Å²) in [4.78, 5) is 38.1. The number of aliphatic hydroxyl groups is 1. The lowest BCUT2D eigenvalue weighted by Gasteiger charge is -2.16. The van der Waals surface area contributed by atoms with Gasteiger partial charge in [0, 0.05) is 56.3 Å². The van der Waals surface area contributed by atoms with Crippen molar-refractivity contribution in [3.05, 3.63) is 64.3 Å². The van der Waals surface area contributed by atoms with Gasteiger partial charge < -0.3 is 19.7 Å². The number of hydrogen-bond donors (Lipinski definition) is 2. The highest BCUT2D eigenvalue weighted by Gasteiger charge is 2.34. The van der Waals surface area contributed by atoms with E-state index >= 15 is 0 Å². The number of β-amino-alcohol motifs (C(OH)–C–C–N with tert-alkyl or cyclic N) is 1. The molecular weight excluding hydrogens is 338 g/mol. The van der Waals surface area contributed by atoms with Gasteiger partial charge in [-0.2, -0.15) is 0 Å². The van der Waals surface area contributed by atoms with Crippen LogP contribution in [0.4, 0.5) is 0 Å². The Balaban J connectivity index is 0.000000758. The number of carbonyl (C=O) groups excluding carboxylic acids is 1. The summed E-state index contributed by atoms with van der Waals surface area (Å²) in [5.74, 6) is -0.216. The van der Waals surface area contributed by atoms with Crippen LogP contribution in [0.1, 0.15) is 15.9 Å². The minimum atomic E-state index is -0.557. The molecule has 1 aliphatic rings. The Morgan fingerprint density at radius 2 is 1.96 bits per heavy atom. The maximum Gasteiger partial charge on any atom is 0.290 e. The Hall–Kier alpha value is -3.00. The fourth-order valence-electron chi connectivity index (χ4n) is 2.91. The van der Waals surface area contributed by atoms with Gasteiger partial charge in [0.15, 0.2) is 0 Å². The molecule has 0 bridgehead atoms. The normalized spacial score (nSPS) is 18.8. The van der Waals surface area contributed by atoms with E-state index in [2.05, 4.69) is 4.98 Å². The molecule has 26 heavy (non-hydrogen) atoms. The van der Waals surface area contributed by atoms with Crippen molar-refractivity contribution in [1.82, 2.24) is 14.5 Å². The Labute approximate surface area is 150 Å². The standard InChI is InChI=1S/C17H19N3O3.CH2O2/c1-19-7-4-13(9-16(19)22)17(23)20-10-14(15(21)11-20)8-12-2-5-18-6-3-12;2-1-3/h2-7,9,14-15,21H,8,10-11H2,1H3;1H,(H,2,3)/t14-,15-;/m1./s1. The highest BCUT2D eigenvalue weighted by Crippen LogP contribution is 2.22. The van der Waals surface area contributed by atoms with E-state index in [1.54, 1.807) is 36.6 Å². The number of hydrogen-bond acceptors (Lipinski definition) is 5. The molecular formula is C18H21N3O5. The van der Waals surface area contributed by atoms with Crippen LogP contribution < -0.4 is 5.56 Å². The second kappa shape index (κ2) is 8.91. The first-order chi connectivity index (χ1) is 12.5. The summed E-state index contributed by atoms with van der Waals surface area (Å²) in [6.45, 7) is 0.529. The maximum atomic E-state index is 12.5. The van der Waals surface area contributed by atoms with Gasteiger partial charge in [-0.25, -0.2) is 0 Å². The fourth-order valence-corrected chi connectivity index (χ4v) is 2.91. The molecule has 0 radical (unpaired) electrons. The number of amides is 1. The van der Waals surface area contributed by atoms with Crippen molar-refractivity contribution in [3.63, 3.8) is 0 Å². The van der Waals surface area contributed by atoms with Crippen LogP contribution in [0.5, 0.6) is 0 Å². The smallest absolute Gasteiger partial charge is 0.290 e. The third-order valence-corrected chi connectivity index (χ3v) is 4.29. The number of carboxylic acid groups (broad SMARTS) is 1. The third kappa shape index (κ3) is 4.76. The molecule has 3 heterocycles. The van der Waals surface area contributed by atoms with Gasteiger partial charge in [-0.3, -0.25) is 19.4 Å². The van der Waals surface area contributed by atoms with E-state index in [4.69, 9.17) is 9.90 Å². The number of likely N-dealkylation sites (tertiary alicyclic amines) is 1. The molecule has 0 unspecified atom stereocenters. The Kier molecular flexibility index (Phi) is 6.62. The van der Waals surface area contributed by atoms with E-state index in [-0.39, 0.29) is 23.9 Å². The minimum absolute atomic E-state index is 0.00658. The van der Waals surface area contributed by atoms with Crippen molar-refractivity contribution in [2.75, 3.05) is 13.1 Å². The third-order valence-electron chi connectivity index (χ3n) is 4.29. The predicted octanol–water partition coefficient (Wildman–Crippen LogP) is 0.157. The lowest BCUT2D eigenvalue weighted by molar-refractivity contribution is -0.122. The van der Waals surface area contributed by atoms with Crippen molar-refractivity contribution in [3.8, 4) is 0 Å². The highest BCUT2D eigenvalue weighted by molar-refractivity contribution is 5.94. The second-order valence-corrected chi connectivity index (χ2v) is 6.07. The van der Waals surface area contributed by atoms with Crippen LogP contribution in [0.3, 0.4) is 0 Å². The summed E-state index contributed by atoms with van der Waals surface area (Å²) in [6, 6.07) is 6.80. The van der Waals surface area contributed by atoms with Gasteiger partial charge in [-0.05, 0) is 30.2 Å². The molecule has 0 aromatic carbocycles. The van der Waals surface area contributed by atoms with E-state index in [0.717, 1.165) is 5.56 Å². The zero-order valence-electron chi connectivity index (χ0n) is 14.4. The lowest BCUT2D eigenvalue weighted by Crippen LogP contribution is -2.31. The summed E-state index contributed by atoms with van der Waals surface area (Å²) >= 11 is 0. The maximum absolute atomic E-state index is 12.5. The topological polar surface area (TPSA) is 113 Å². The number of aliphatic hydroxyl groups excluding tert-OH is 1. The summed E-state index contributed by atoms with van der Waals surface area (Å²) in [5, 5.41) is 17.1. The molecule has 0 spiro atoms. The van der Waals surface area contributed by atoms with Crippen LogP contribution >= 0.6 is 0 Å². The van der Waals surface area contributed by atoms with E-state index < -0.39 is 6.10 Å². The van der Waals surface area contributed by atoms with Gasteiger partial charge in [0.05, 0.1) is 6.10 Å². The summed E-state index contributed by atoms with van der Waals surface area (Å²) in [6.07, 6.45) is 5.16. The molecule has 0 saturated carbocycles. The number of carbonyl (C=O) groups is 2. The average Bonchev–Trinajstić information content (AvgIpc) is 2.99. The molecule has 8 heteroatoms. The van der Waals surface area contributed by atoms with Crippen LogP contribution in [0, 0.1) is 5.92 Å². The van der Waals surface area contributed by atoms with Crippen LogP contribution in [-0.2, 0) is 18.3 Å². The van der Waals surface area contributed by atoms with E-state index in [1.807, 2.05) is 12.1 Å². The number of aryl methyl sites for hydroxylation is 1. The van der Waals surface area contributed by atoms with Crippen molar-refractivity contribution in [2.45, 2.75) is 12.5 Å². The van der Waals surface area contributed by atoms with Crippen molar-refractivity contribution in [2.24, 2.45) is 13.0 Å². The quantitative estimate of drug-likeness (QED) is 0.755. The van der Waals surface area contributed by atoms with Crippen LogP contribution in [0.25, 0.3) is 0 Å². The molecule has 1 saturated heterocycles. The summed E-state index contributed by atoms with van der Waals surface area (Å²) in [5.41, 5.74) is 1.24. The van der Waals surface area contributed by atoms with Gasteiger partial charge in [0.1, 0.15) is 0 Å². The predicted molar refractivity (Wildman–Crippen MR) is 93.7 cm³/mol. The Bertz CT molecular complexity index is 806. The first-order valence-corrected chi connectivity index (χ1v) is 8.07. The SMILES string of the molecule is Cn1ccc(C(=O)N2C[C@@H](Cc3ccncc3)[C@H](O)C2)cc1=O.O=CO. The largest absolute Gasteiger partial charge is 0.483 e. The Morgan fingerprint density at radius 3 is 2.58 bits per heavy atom. The first-order valence-electron chi connectivity index (χ1n) is 8.07. The van der Waals surface area contributed by atoms with E-state index in [9.17, 15) is 14.7 Å². The van der Waals surface area contributed by atoms with Gasteiger partial charge in [0.25, 0.3) is 17.9 Å². The molecule has 8 nitrogen and oxygen atoms in total. The van der Waals surface area contributed by atoms with Gasteiger partial charge in [0.2, 0.25) is 0 Å². The molecule has 1 aliphatic heterocycles. The average molecular weight is 359 g/mol. The molecule has 2 N–H and O–H groups in total. The fraction of sp³-hybridized carbons (Fsp3) is 0.333. The zero-order valence-corrected chi connectivity index (χ0v) is 14.4.